The van der Waals surface area contributed by atoms with E-state index in [9.17, 15) is 0 Å². The standard InChI is InChI=1S/C56H35NOS/c1-2-13-38(14-3-1)44-19-10-16-39-25-27-42(35-49(39)44)45-32-33-50(54-48-18-6-8-22-52(48)58-55(45)54)57(51-21-11-20-47-46-17-7-9-23-53(46)59-56(47)51)43-30-28-37(29-31-43)41-26-24-36-12-4-5-15-40(36)34-41/h1-35H. The topological polar surface area (TPSA) is 16.4 Å². The molecule has 0 spiro atoms. The monoisotopic (exact) mass is 769 g/mol. The molecule has 0 radical (unpaired) electrons. The van der Waals surface area contributed by atoms with Gasteiger partial charge in [0, 0.05) is 32.1 Å². The molecule has 59 heavy (non-hydrogen) atoms. The van der Waals surface area contributed by atoms with Crippen LogP contribution in [0.1, 0.15) is 0 Å². The van der Waals surface area contributed by atoms with E-state index in [2.05, 4.69) is 217 Å². The van der Waals surface area contributed by atoms with Crippen molar-refractivity contribution >= 4 is 92.1 Å². The second kappa shape index (κ2) is 13.6. The van der Waals surface area contributed by atoms with Gasteiger partial charge < -0.3 is 9.32 Å². The number of anilines is 3. The first kappa shape index (κ1) is 33.7. The summed E-state index contributed by atoms with van der Waals surface area (Å²) in [7, 11) is 0. The Morgan fingerprint density at radius 1 is 0.373 bits per heavy atom. The van der Waals surface area contributed by atoms with E-state index >= 15 is 0 Å². The van der Waals surface area contributed by atoms with E-state index in [1.165, 1.54) is 64.0 Å². The normalized spacial score (nSPS) is 11.7. The highest BCUT2D eigenvalue weighted by molar-refractivity contribution is 7.26. The third-order valence-electron chi connectivity index (χ3n) is 11.9. The van der Waals surface area contributed by atoms with Gasteiger partial charge in [-0.15, -0.1) is 11.3 Å². The Labute approximate surface area is 345 Å². The number of thiophene rings is 1. The van der Waals surface area contributed by atoms with Crippen LogP contribution >= 0.6 is 11.3 Å². The molecule has 0 aliphatic rings. The molecule has 0 amide bonds. The van der Waals surface area contributed by atoms with Gasteiger partial charge >= 0.3 is 0 Å². The summed E-state index contributed by atoms with van der Waals surface area (Å²) in [6, 6.07) is 76.9. The largest absolute Gasteiger partial charge is 0.455 e. The van der Waals surface area contributed by atoms with E-state index in [4.69, 9.17) is 4.42 Å². The Balaban J connectivity index is 1.09. The van der Waals surface area contributed by atoms with Gasteiger partial charge in [0.15, 0.2) is 0 Å². The van der Waals surface area contributed by atoms with Gasteiger partial charge in [-0.25, -0.2) is 0 Å². The Morgan fingerprint density at radius 2 is 1.07 bits per heavy atom. The summed E-state index contributed by atoms with van der Waals surface area (Å²) in [6.45, 7) is 0. The zero-order valence-corrected chi connectivity index (χ0v) is 32.8. The van der Waals surface area contributed by atoms with Crippen molar-refractivity contribution in [2.75, 3.05) is 4.90 Å². The van der Waals surface area contributed by atoms with E-state index in [-0.39, 0.29) is 0 Å². The fraction of sp³-hybridized carbons (Fsp3) is 0. The summed E-state index contributed by atoms with van der Waals surface area (Å²) < 4.78 is 9.48. The van der Waals surface area contributed by atoms with Gasteiger partial charge in [-0.2, -0.15) is 0 Å². The van der Waals surface area contributed by atoms with Crippen LogP contribution in [0.4, 0.5) is 17.1 Å². The number of hydrogen-bond donors (Lipinski definition) is 0. The maximum atomic E-state index is 6.95. The second-order valence-corrected chi connectivity index (χ2v) is 16.3. The van der Waals surface area contributed by atoms with Gasteiger partial charge in [-0.3, -0.25) is 0 Å². The van der Waals surface area contributed by atoms with Crippen LogP contribution in [0, 0.1) is 0 Å². The summed E-state index contributed by atoms with van der Waals surface area (Å²) in [6.07, 6.45) is 0. The van der Waals surface area contributed by atoms with E-state index in [0.717, 1.165) is 50.1 Å². The third-order valence-corrected chi connectivity index (χ3v) is 13.1. The molecule has 3 heteroatoms. The molecule has 0 atom stereocenters. The lowest BCUT2D eigenvalue weighted by Crippen LogP contribution is -2.10. The molecule has 2 nitrogen and oxygen atoms in total. The van der Waals surface area contributed by atoms with Crippen molar-refractivity contribution in [2.45, 2.75) is 0 Å². The van der Waals surface area contributed by atoms with Crippen molar-refractivity contribution in [3.05, 3.63) is 212 Å². The van der Waals surface area contributed by atoms with Crippen molar-refractivity contribution in [3.8, 4) is 33.4 Å². The number of nitrogens with zero attached hydrogens (tertiary/aromatic N) is 1. The molecule has 0 aliphatic heterocycles. The molecule has 0 fully saturated rings. The van der Waals surface area contributed by atoms with Crippen LogP contribution < -0.4 is 4.90 Å². The average molecular weight is 770 g/mol. The molecule has 12 aromatic rings. The lowest BCUT2D eigenvalue weighted by molar-refractivity contribution is 0.670. The van der Waals surface area contributed by atoms with Crippen LogP contribution in [0.3, 0.4) is 0 Å². The Kier molecular flexibility index (Phi) is 7.75. The van der Waals surface area contributed by atoms with Crippen LogP contribution in [0.25, 0.3) is 97.0 Å². The van der Waals surface area contributed by atoms with Gasteiger partial charge in [0.1, 0.15) is 11.2 Å². The summed E-state index contributed by atoms with van der Waals surface area (Å²) in [5.41, 5.74) is 12.0. The van der Waals surface area contributed by atoms with Gasteiger partial charge in [0.25, 0.3) is 0 Å². The van der Waals surface area contributed by atoms with Crippen LogP contribution in [0.2, 0.25) is 0 Å². The van der Waals surface area contributed by atoms with Crippen molar-refractivity contribution in [3.63, 3.8) is 0 Å². The summed E-state index contributed by atoms with van der Waals surface area (Å²) in [5.74, 6) is 0. The van der Waals surface area contributed by atoms with Crippen molar-refractivity contribution < 1.29 is 4.42 Å². The Bertz CT molecular complexity index is 3560. The molecule has 12 rings (SSSR count). The number of benzene rings is 10. The van der Waals surface area contributed by atoms with E-state index < -0.39 is 0 Å². The van der Waals surface area contributed by atoms with Gasteiger partial charge in [0.05, 0.1) is 21.5 Å². The van der Waals surface area contributed by atoms with Crippen LogP contribution in [0.15, 0.2) is 217 Å². The number of hydrogen-bond acceptors (Lipinski definition) is 3. The van der Waals surface area contributed by atoms with Gasteiger partial charge in [0.2, 0.25) is 0 Å². The second-order valence-electron chi connectivity index (χ2n) is 15.2. The van der Waals surface area contributed by atoms with Crippen LogP contribution in [-0.4, -0.2) is 0 Å². The summed E-state index contributed by atoms with van der Waals surface area (Å²) >= 11 is 1.85. The molecule has 0 aliphatic carbocycles. The summed E-state index contributed by atoms with van der Waals surface area (Å²) in [5, 5.41) is 9.63. The number of rotatable bonds is 6. The third kappa shape index (κ3) is 5.55. The van der Waals surface area contributed by atoms with Crippen molar-refractivity contribution in [1.29, 1.82) is 0 Å². The molecule has 10 aromatic carbocycles. The summed E-state index contributed by atoms with van der Waals surface area (Å²) in [4.78, 5) is 2.45. The molecule has 2 aromatic heterocycles. The van der Waals surface area contributed by atoms with E-state index in [0.29, 0.717) is 0 Å². The minimum atomic E-state index is 0.869. The lowest BCUT2D eigenvalue weighted by Gasteiger charge is -2.27. The number of fused-ring (bicyclic) bond motifs is 8. The molecular formula is C56H35NOS. The highest BCUT2D eigenvalue weighted by Crippen LogP contribution is 2.50. The molecule has 276 valence electrons. The minimum absolute atomic E-state index is 0.869. The quantitative estimate of drug-likeness (QED) is 0.167. The fourth-order valence-corrected chi connectivity index (χ4v) is 10.2. The maximum Gasteiger partial charge on any atom is 0.145 e. The first-order valence-electron chi connectivity index (χ1n) is 20.1. The molecule has 0 unspecified atom stereocenters. The smallest absolute Gasteiger partial charge is 0.145 e. The highest BCUT2D eigenvalue weighted by atomic mass is 32.1. The molecule has 0 bridgehead atoms. The number of furan rings is 1. The zero-order valence-electron chi connectivity index (χ0n) is 32.0. The van der Waals surface area contributed by atoms with Gasteiger partial charge in [-0.05, 0) is 104 Å². The van der Waals surface area contributed by atoms with Crippen molar-refractivity contribution in [1.82, 2.24) is 0 Å². The first-order valence-corrected chi connectivity index (χ1v) is 20.9. The predicted molar refractivity (Wildman–Crippen MR) is 253 cm³/mol. The maximum absolute atomic E-state index is 6.95. The SMILES string of the molecule is c1ccc(-c2cccc3ccc(-c4ccc(N(c5ccc(-c6ccc7ccccc7c6)cc5)c5cccc6c5sc5ccccc56)c5c4oc4ccccc45)cc23)cc1. The van der Waals surface area contributed by atoms with E-state index in [1.54, 1.807) is 0 Å². The van der Waals surface area contributed by atoms with Crippen LogP contribution in [0.5, 0.6) is 0 Å². The zero-order chi connectivity index (χ0) is 38.9. The molecule has 0 N–H and O–H groups in total. The molecular weight excluding hydrogens is 735 g/mol. The van der Waals surface area contributed by atoms with E-state index in [1.807, 2.05) is 11.3 Å². The Hall–Kier alpha value is -7.46. The lowest BCUT2D eigenvalue weighted by atomic mass is 9.93. The van der Waals surface area contributed by atoms with Crippen LogP contribution in [-0.2, 0) is 0 Å². The van der Waals surface area contributed by atoms with Gasteiger partial charge in [-0.1, -0.05) is 158 Å². The first-order chi connectivity index (χ1) is 29.2. The minimum Gasteiger partial charge on any atom is -0.455 e. The van der Waals surface area contributed by atoms with Crippen molar-refractivity contribution in [2.24, 2.45) is 0 Å². The Morgan fingerprint density at radius 3 is 1.97 bits per heavy atom. The molecule has 0 saturated carbocycles. The average Bonchev–Trinajstić information content (AvgIpc) is 3.89. The highest BCUT2D eigenvalue weighted by Gasteiger charge is 2.24. The number of para-hydroxylation sites is 1. The fourth-order valence-electron chi connectivity index (χ4n) is 9.02. The molecule has 2 heterocycles. The molecule has 0 saturated heterocycles. The predicted octanol–water partition coefficient (Wildman–Crippen LogP) is 16.7.